The number of nitrogens with zero attached hydrogens (tertiary/aromatic N) is 2. The maximum absolute atomic E-state index is 14.2. The first-order valence-electron chi connectivity index (χ1n) is 25.1. The molecule has 6 nitrogen and oxygen atoms in total. The lowest BCUT2D eigenvalue weighted by Gasteiger charge is -2.32. The maximum Gasteiger partial charge on any atom is 0.265 e. The zero-order valence-corrected chi connectivity index (χ0v) is 40.8. The van der Waals surface area contributed by atoms with Crippen LogP contribution >= 0.6 is 22.7 Å². The fraction of sp³-hybridized carbons (Fsp3) is 0.414. The summed E-state index contributed by atoms with van der Waals surface area (Å²) in [5, 5.41) is 0.730. The molecule has 0 saturated heterocycles. The molecule has 0 bridgehead atoms. The van der Waals surface area contributed by atoms with Crippen LogP contribution in [0, 0.1) is 0 Å². The Bertz CT molecular complexity index is 2370. The Kier molecular flexibility index (Phi) is 16.5. The number of carbonyl (C=O) groups excluding carboxylic acids is 4. The molecule has 344 valence electrons. The fourth-order valence-corrected chi connectivity index (χ4v) is 11.9. The summed E-state index contributed by atoms with van der Waals surface area (Å²) in [6.45, 7) is 4.53. The molecule has 2 aromatic heterocycles. The molecule has 4 heterocycles. The Morgan fingerprint density at radius 3 is 0.924 bits per heavy atom. The van der Waals surface area contributed by atoms with E-state index in [9.17, 15) is 19.2 Å². The molecule has 0 spiro atoms. The zero-order chi connectivity index (χ0) is 45.8. The third-order valence-electron chi connectivity index (χ3n) is 13.6. The van der Waals surface area contributed by atoms with Gasteiger partial charge in [0.2, 0.25) is 0 Å². The van der Waals surface area contributed by atoms with E-state index in [0.717, 1.165) is 33.7 Å². The number of imide groups is 2. The lowest BCUT2D eigenvalue weighted by molar-refractivity contribution is 0.0873. The standard InChI is InChI=1S/C58H66N2O4S2/c1-3-5-7-9-11-13-15-17-19-21-23-45-33-39-51(65-45)41-25-29-43(30-26-41)59-55(61)47-35-37-49-54-50(38-36-48(53(47)54)56(59)62)58(64)60(57(49)63)44-31-27-42(28-32-44)52-40-34-46(66-52)24-22-20-18-16-14-12-10-8-6-4-2/h25-40H,3-24H2,1-2H3. The molecular weight excluding hydrogens is 853 g/mol. The van der Waals surface area contributed by atoms with Gasteiger partial charge in [0, 0.05) is 52.5 Å². The highest BCUT2D eigenvalue weighted by Gasteiger charge is 2.40. The van der Waals surface area contributed by atoms with Crippen molar-refractivity contribution in [1.29, 1.82) is 0 Å². The third kappa shape index (κ3) is 10.8. The summed E-state index contributed by atoms with van der Waals surface area (Å²) in [6, 6.07) is 30.5. The van der Waals surface area contributed by atoms with Crippen molar-refractivity contribution >= 4 is 68.4 Å². The van der Waals surface area contributed by atoms with E-state index in [4.69, 9.17) is 0 Å². The summed E-state index contributed by atoms with van der Waals surface area (Å²) < 4.78 is 0. The van der Waals surface area contributed by atoms with E-state index in [2.05, 4.69) is 38.1 Å². The molecule has 0 unspecified atom stereocenters. The van der Waals surface area contributed by atoms with Crippen molar-refractivity contribution in [1.82, 2.24) is 0 Å². The SMILES string of the molecule is CCCCCCCCCCCCc1ccc(-c2ccc(N3C(=O)c4ccc5c6c(ccc(c46)C3=O)C(=O)N(c3ccc(-c4ccc(CCCCCCCCCCCC)s4)cc3)C5=O)cc2)s1. The van der Waals surface area contributed by atoms with E-state index in [1.54, 1.807) is 46.9 Å². The summed E-state index contributed by atoms with van der Waals surface area (Å²) in [7, 11) is 0. The van der Waals surface area contributed by atoms with Crippen molar-refractivity contribution in [3.63, 3.8) is 0 Å². The molecule has 2 aliphatic rings. The van der Waals surface area contributed by atoms with Crippen LogP contribution in [0.25, 0.3) is 31.7 Å². The number of thiophene rings is 2. The summed E-state index contributed by atoms with van der Waals surface area (Å²) in [4.78, 5) is 64.3. The van der Waals surface area contributed by atoms with Gasteiger partial charge < -0.3 is 0 Å². The smallest absolute Gasteiger partial charge is 0.265 e. The first kappa shape index (κ1) is 47.3. The highest BCUT2D eigenvalue weighted by atomic mass is 32.1. The average molecular weight is 919 g/mol. The quantitative estimate of drug-likeness (QED) is 0.0401. The van der Waals surface area contributed by atoms with E-state index in [0.29, 0.717) is 44.4 Å². The Labute approximate surface area is 400 Å². The highest BCUT2D eigenvalue weighted by Crippen LogP contribution is 2.41. The van der Waals surface area contributed by atoms with Gasteiger partial charge in [-0.1, -0.05) is 154 Å². The second-order valence-electron chi connectivity index (χ2n) is 18.5. The van der Waals surface area contributed by atoms with Gasteiger partial charge in [0.05, 0.1) is 11.4 Å². The van der Waals surface area contributed by atoms with Crippen molar-refractivity contribution in [3.8, 4) is 20.9 Å². The molecule has 8 heteroatoms. The van der Waals surface area contributed by atoms with Crippen LogP contribution in [0.1, 0.15) is 193 Å². The van der Waals surface area contributed by atoms with Gasteiger partial charge in [0.1, 0.15) is 0 Å². The normalized spacial score (nSPS) is 13.5. The molecule has 0 saturated carbocycles. The van der Waals surface area contributed by atoms with Crippen molar-refractivity contribution in [3.05, 3.63) is 129 Å². The van der Waals surface area contributed by atoms with E-state index >= 15 is 0 Å². The largest absolute Gasteiger partial charge is 0.268 e. The second-order valence-corrected chi connectivity index (χ2v) is 20.8. The molecule has 4 aromatic carbocycles. The molecular formula is C58H66N2O4S2. The van der Waals surface area contributed by atoms with E-state index in [1.807, 2.05) is 48.5 Å². The molecule has 6 aromatic rings. The fourth-order valence-electron chi connectivity index (χ4n) is 9.80. The summed E-state index contributed by atoms with van der Waals surface area (Å²) in [5.41, 5.74) is 4.23. The van der Waals surface area contributed by atoms with Crippen molar-refractivity contribution in [2.75, 3.05) is 9.80 Å². The second kappa shape index (κ2) is 23.0. The molecule has 0 N–H and O–H groups in total. The summed E-state index contributed by atoms with van der Waals surface area (Å²) in [5.74, 6) is -1.90. The first-order valence-corrected chi connectivity index (χ1v) is 26.8. The number of rotatable bonds is 26. The van der Waals surface area contributed by atoms with Gasteiger partial charge >= 0.3 is 0 Å². The highest BCUT2D eigenvalue weighted by molar-refractivity contribution is 7.15. The molecule has 0 radical (unpaired) electrons. The van der Waals surface area contributed by atoms with Gasteiger partial charge in [0.25, 0.3) is 23.6 Å². The van der Waals surface area contributed by atoms with Gasteiger partial charge in [-0.3, -0.25) is 19.2 Å². The van der Waals surface area contributed by atoms with E-state index in [1.165, 1.54) is 148 Å². The third-order valence-corrected chi connectivity index (χ3v) is 16.0. The number of anilines is 2. The monoisotopic (exact) mass is 918 g/mol. The van der Waals surface area contributed by atoms with Crippen LogP contribution in [-0.4, -0.2) is 23.6 Å². The van der Waals surface area contributed by atoms with Gasteiger partial charge in [-0.05, 0) is 110 Å². The van der Waals surface area contributed by atoms with Crippen molar-refractivity contribution in [2.45, 2.75) is 155 Å². The lowest BCUT2D eigenvalue weighted by atomic mass is 9.85. The van der Waals surface area contributed by atoms with Crippen LogP contribution in [0.3, 0.4) is 0 Å². The molecule has 0 aliphatic carbocycles. The number of amides is 4. The van der Waals surface area contributed by atoms with Crippen LogP contribution in [0.15, 0.2) is 97.1 Å². The Morgan fingerprint density at radius 2 is 0.621 bits per heavy atom. The number of hydrogen-bond donors (Lipinski definition) is 0. The van der Waals surface area contributed by atoms with Crippen molar-refractivity contribution < 1.29 is 19.2 Å². The minimum Gasteiger partial charge on any atom is -0.268 e. The molecule has 0 atom stereocenters. The molecule has 4 amide bonds. The van der Waals surface area contributed by atoms with Gasteiger partial charge in [-0.2, -0.15) is 0 Å². The van der Waals surface area contributed by atoms with Crippen LogP contribution < -0.4 is 9.80 Å². The predicted molar refractivity (Wildman–Crippen MR) is 277 cm³/mol. The Balaban J connectivity index is 0.877. The number of benzene rings is 4. The van der Waals surface area contributed by atoms with E-state index in [-0.39, 0.29) is 0 Å². The predicted octanol–water partition coefficient (Wildman–Crippen LogP) is 16.8. The average Bonchev–Trinajstić information content (AvgIpc) is 4.02. The van der Waals surface area contributed by atoms with Gasteiger partial charge in [0.15, 0.2) is 0 Å². The van der Waals surface area contributed by atoms with E-state index < -0.39 is 23.6 Å². The topological polar surface area (TPSA) is 74.8 Å². The van der Waals surface area contributed by atoms with Crippen LogP contribution in [0.2, 0.25) is 0 Å². The first-order chi connectivity index (χ1) is 32.4. The minimum atomic E-state index is -0.475. The number of unbranched alkanes of at least 4 members (excludes halogenated alkanes) is 18. The number of hydrogen-bond acceptors (Lipinski definition) is 6. The number of aryl methyl sites for hydroxylation is 2. The lowest BCUT2D eigenvalue weighted by Crippen LogP contribution is -2.43. The van der Waals surface area contributed by atoms with Crippen molar-refractivity contribution in [2.24, 2.45) is 0 Å². The number of carbonyl (C=O) groups is 4. The van der Waals surface area contributed by atoms with Crippen LogP contribution in [0.4, 0.5) is 11.4 Å². The Morgan fingerprint density at radius 1 is 0.333 bits per heavy atom. The zero-order valence-electron chi connectivity index (χ0n) is 39.1. The summed E-state index contributed by atoms with van der Waals surface area (Å²) >= 11 is 3.61. The molecule has 0 fully saturated rings. The van der Waals surface area contributed by atoms with Gasteiger partial charge in [-0.15, -0.1) is 22.7 Å². The van der Waals surface area contributed by atoms with Gasteiger partial charge in [-0.25, -0.2) is 9.80 Å². The van der Waals surface area contributed by atoms with Crippen LogP contribution in [0.5, 0.6) is 0 Å². The molecule has 66 heavy (non-hydrogen) atoms. The molecule has 2 aliphatic heterocycles. The summed E-state index contributed by atoms with van der Waals surface area (Å²) in [6.07, 6.45) is 28.7. The maximum atomic E-state index is 14.2. The van der Waals surface area contributed by atoms with Crippen LogP contribution in [-0.2, 0) is 12.8 Å². The minimum absolute atomic E-state index is 0.297. The Hall–Kier alpha value is -5.18. The molecule has 8 rings (SSSR count).